The van der Waals surface area contributed by atoms with Gasteiger partial charge in [0.05, 0.1) is 21.0 Å². The Morgan fingerprint density at radius 3 is 2.00 bits per heavy atom. The molecule has 2 nitrogen and oxygen atoms in total. The highest BCUT2D eigenvalue weighted by Crippen LogP contribution is 2.41. The van der Waals surface area contributed by atoms with E-state index in [0.29, 0.717) is 11.1 Å². The Morgan fingerprint density at radius 1 is 0.968 bits per heavy atom. The number of allylic oxidation sites excluding steroid dienone is 1. The number of carbonyl (C=O) groups is 1. The molecule has 1 amide bonds. The predicted molar refractivity (Wildman–Crippen MR) is 108 cm³/mol. The van der Waals surface area contributed by atoms with Crippen LogP contribution in [0.3, 0.4) is 0 Å². The van der Waals surface area contributed by atoms with Crippen LogP contribution in [0.15, 0.2) is 42.5 Å². The van der Waals surface area contributed by atoms with E-state index in [4.69, 9.17) is 34.8 Å². The van der Waals surface area contributed by atoms with Crippen molar-refractivity contribution in [3.63, 3.8) is 0 Å². The maximum Gasteiger partial charge on any atom is 0.399 e. The van der Waals surface area contributed by atoms with Gasteiger partial charge in [0, 0.05) is 6.54 Å². The van der Waals surface area contributed by atoms with Crippen LogP contribution in [0.5, 0.6) is 0 Å². The summed E-state index contributed by atoms with van der Waals surface area (Å²) in [5.41, 5.74) is 0.703. The van der Waals surface area contributed by atoms with E-state index in [1.807, 2.05) is 0 Å². The minimum atomic E-state index is -4.63. The molecule has 0 fully saturated rings. The normalized spacial score (nSPS) is 13.5. The van der Waals surface area contributed by atoms with E-state index in [-0.39, 0.29) is 27.2 Å². The van der Waals surface area contributed by atoms with Crippen molar-refractivity contribution < 1.29 is 31.1 Å². The summed E-state index contributed by atoms with van der Waals surface area (Å²) in [4.78, 5) is 11.2. The highest BCUT2D eigenvalue weighted by Gasteiger charge is 2.39. The van der Waals surface area contributed by atoms with Crippen molar-refractivity contribution in [2.45, 2.75) is 31.2 Å². The lowest BCUT2D eigenvalue weighted by molar-refractivity contribution is -0.153. The van der Waals surface area contributed by atoms with Crippen molar-refractivity contribution in [1.82, 2.24) is 5.32 Å². The van der Waals surface area contributed by atoms with E-state index < -0.39 is 30.6 Å². The standard InChI is InChI=1S/C20H14Cl3F6NO/c21-15-7-13(8-16(22)18(15)23)14(20(27,28)29)6-5-11-1-3-12(4-2-11)10-30-17(31)9-19(24,25)26/h1-8,14H,9-10H2,(H,30,31)/b6-5-. The molecule has 0 spiro atoms. The first-order chi connectivity index (χ1) is 14.3. The van der Waals surface area contributed by atoms with Crippen LogP contribution in [0.1, 0.15) is 29.0 Å². The Morgan fingerprint density at radius 2 is 1.52 bits per heavy atom. The van der Waals surface area contributed by atoms with Gasteiger partial charge in [-0.05, 0) is 28.8 Å². The zero-order valence-corrected chi connectivity index (χ0v) is 17.7. The molecule has 0 saturated carbocycles. The summed E-state index contributed by atoms with van der Waals surface area (Å²) in [6.45, 7) is -0.147. The van der Waals surface area contributed by atoms with Gasteiger partial charge in [-0.3, -0.25) is 4.79 Å². The highest BCUT2D eigenvalue weighted by molar-refractivity contribution is 6.48. The van der Waals surface area contributed by atoms with E-state index in [2.05, 4.69) is 5.32 Å². The summed E-state index contributed by atoms with van der Waals surface area (Å²) in [7, 11) is 0. The fraction of sp³-hybridized carbons (Fsp3) is 0.250. The summed E-state index contributed by atoms with van der Waals surface area (Å²) in [6.07, 6.45) is -8.66. The third kappa shape index (κ3) is 7.94. The van der Waals surface area contributed by atoms with Crippen molar-refractivity contribution in [1.29, 1.82) is 0 Å². The van der Waals surface area contributed by atoms with Crippen molar-refractivity contribution >= 4 is 46.8 Å². The van der Waals surface area contributed by atoms with E-state index >= 15 is 0 Å². The van der Waals surface area contributed by atoms with E-state index in [9.17, 15) is 31.1 Å². The third-order valence-corrected chi connectivity index (χ3v) is 5.23. The molecule has 2 rings (SSSR count). The molecule has 0 saturated heterocycles. The number of nitrogens with one attached hydrogen (secondary N) is 1. The Hall–Kier alpha value is -1.90. The third-order valence-electron chi connectivity index (χ3n) is 4.03. The van der Waals surface area contributed by atoms with Gasteiger partial charge in [0.15, 0.2) is 0 Å². The predicted octanol–water partition coefficient (Wildman–Crippen LogP) is 7.57. The number of benzene rings is 2. The molecule has 168 valence electrons. The van der Waals surface area contributed by atoms with Gasteiger partial charge in [-0.1, -0.05) is 71.2 Å². The lowest BCUT2D eigenvalue weighted by Gasteiger charge is -2.18. The average Bonchev–Trinajstić information content (AvgIpc) is 2.63. The summed E-state index contributed by atoms with van der Waals surface area (Å²) in [5.74, 6) is -3.18. The van der Waals surface area contributed by atoms with E-state index in [1.54, 1.807) is 0 Å². The first kappa shape index (κ1) is 25.4. The quantitative estimate of drug-likeness (QED) is 0.319. The number of hydrogen-bond donors (Lipinski definition) is 1. The van der Waals surface area contributed by atoms with Gasteiger partial charge in [-0.2, -0.15) is 26.3 Å². The summed E-state index contributed by atoms with van der Waals surface area (Å²) in [5, 5.41) is 1.86. The monoisotopic (exact) mass is 503 g/mol. The summed E-state index contributed by atoms with van der Waals surface area (Å²) >= 11 is 17.5. The van der Waals surface area contributed by atoms with Crippen LogP contribution in [0, 0.1) is 0 Å². The Balaban J connectivity index is 2.12. The lowest BCUT2D eigenvalue weighted by atomic mass is 9.97. The first-order valence-electron chi connectivity index (χ1n) is 8.58. The van der Waals surface area contributed by atoms with Gasteiger partial charge in [0.2, 0.25) is 5.91 Å². The molecular weight excluding hydrogens is 491 g/mol. The molecule has 2 aromatic rings. The first-order valence-corrected chi connectivity index (χ1v) is 9.71. The Bertz CT molecular complexity index is 932. The molecule has 0 aliphatic carbocycles. The minimum absolute atomic E-state index is 0.0464. The van der Waals surface area contributed by atoms with Gasteiger partial charge in [0.25, 0.3) is 0 Å². The summed E-state index contributed by atoms with van der Waals surface area (Å²) < 4.78 is 77.0. The molecule has 1 N–H and O–H groups in total. The second kappa shape index (κ2) is 10.1. The second-order valence-electron chi connectivity index (χ2n) is 6.49. The van der Waals surface area contributed by atoms with Gasteiger partial charge in [-0.15, -0.1) is 0 Å². The fourth-order valence-corrected chi connectivity index (χ4v) is 3.18. The van der Waals surface area contributed by atoms with Crippen LogP contribution in [0.4, 0.5) is 26.3 Å². The van der Waals surface area contributed by atoms with Crippen LogP contribution in [-0.4, -0.2) is 18.3 Å². The topological polar surface area (TPSA) is 29.1 Å². The zero-order valence-electron chi connectivity index (χ0n) is 15.4. The van der Waals surface area contributed by atoms with Gasteiger partial charge >= 0.3 is 12.4 Å². The molecule has 0 bridgehead atoms. The highest BCUT2D eigenvalue weighted by atomic mass is 35.5. The average molecular weight is 505 g/mol. The molecule has 0 aliphatic rings. The zero-order chi connectivity index (χ0) is 23.4. The molecule has 11 heteroatoms. The van der Waals surface area contributed by atoms with Gasteiger partial charge in [0.1, 0.15) is 6.42 Å². The van der Waals surface area contributed by atoms with Crippen molar-refractivity contribution in [3.05, 3.63) is 74.2 Å². The lowest BCUT2D eigenvalue weighted by Crippen LogP contribution is -2.28. The van der Waals surface area contributed by atoms with Crippen LogP contribution in [-0.2, 0) is 11.3 Å². The molecule has 1 atom stereocenters. The fourth-order valence-electron chi connectivity index (χ4n) is 2.56. The Labute approximate surface area is 188 Å². The van der Waals surface area contributed by atoms with Crippen molar-refractivity contribution in [3.8, 4) is 0 Å². The SMILES string of the molecule is O=C(CC(F)(F)F)NCc1ccc(/C=C\C(c2cc(Cl)c(Cl)c(Cl)c2)C(F)(F)F)cc1. The van der Waals surface area contributed by atoms with Gasteiger partial charge in [-0.25, -0.2) is 0 Å². The van der Waals surface area contributed by atoms with Crippen LogP contribution in [0.2, 0.25) is 15.1 Å². The number of carbonyl (C=O) groups excluding carboxylic acids is 1. The molecule has 0 heterocycles. The number of halogens is 9. The minimum Gasteiger partial charge on any atom is -0.352 e. The number of rotatable bonds is 6. The van der Waals surface area contributed by atoms with Crippen LogP contribution < -0.4 is 5.32 Å². The molecule has 0 radical (unpaired) electrons. The van der Waals surface area contributed by atoms with Crippen LogP contribution in [0.25, 0.3) is 6.08 Å². The number of alkyl halides is 6. The molecule has 0 aliphatic heterocycles. The van der Waals surface area contributed by atoms with E-state index in [1.165, 1.54) is 30.3 Å². The molecule has 31 heavy (non-hydrogen) atoms. The molecule has 0 aromatic heterocycles. The van der Waals surface area contributed by atoms with Crippen molar-refractivity contribution in [2.24, 2.45) is 0 Å². The van der Waals surface area contributed by atoms with E-state index in [0.717, 1.165) is 18.2 Å². The molecule has 1 unspecified atom stereocenters. The van der Waals surface area contributed by atoms with Crippen LogP contribution >= 0.6 is 34.8 Å². The largest absolute Gasteiger partial charge is 0.399 e. The van der Waals surface area contributed by atoms with Crippen molar-refractivity contribution in [2.75, 3.05) is 0 Å². The van der Waals surface area contributed by atoms with Gasteiger partial charge < -0.3 is 5.32 Å². The number of amides is 1. The second-order valence-corrected chi connectivity index (χ2v) is 7.68. The number of hydrogen-bond acceptors (Lipinski definition) is 1. The molecular formula is C20H14Cl3F6NO. The summed E-state index contributed by atoms with van der Waals surface area (Å²) in [6, 6.07) is 8.07. The Kier molecular flexibility index (Phi) is 8.30. The maximum absolute atomic E-state index is 13.5. The smallest absolute Gasteiger partial charge is 0.352 e. The maximum atomic E-state index is 13.5. The molecule has 2 aromatic carbocycles.